The average Bonchev–Trinajstić information content (AvgIpc) is 3.43. The number of amides is 1. The van der Waals surface area contributed by atoms with Crippen LogP contribution >= 0.6 is 0 Å². The van der Waals surface area contributed by atoms with Gasteiger partial charge in [0.05, 0.1) is 12.1 Å². The van der Waals surface area contributed by atoms with E-state index in [2.05, 4.69) is 20.6 Å². The zero-order chi connectivity index (χ0) is 26.0. The van der Waals surface area contributed by atoms with Crippen LogP contribution in [0.5, 0.6) is 11.5 Å². The molecule has 2 aromatic carbocycles. The minimum absolute atomic E-state index is 0.159. The molecule has 192 valence electrons. The highest BCUT2D eigenvalue weighted by atomic mass is 19.4. The van der Waals surface area contributed by atoms with Gasteiger partial charge in [-0.05, 0) is 72.7 Å². The summed E-state index contributed by atoms with van der Waals surface area (Å²) in [6.45, 7) is 3.18. The summed E-state index contributed by atoms with van der Waals surface area (Å²) in [5.41, 5.74) is 2.51. The highest BCUT2D eigenvalue weighted by Gasteiger charge is 2.33. The molecule has 0 fully saturated rings. The summed E-state index contributed by atoms with van der Waals surface area (Å²) >= 11 is 0. The predicted molar refractivity (Wildman–Crippen MR) is 135 cm³/mol. The Morgan fingerprint density at radius 2 is 1.95 bits per heavy atom. The van der Waals surface area contributed by atoms with E-state index in [-0.39, 0.29) is 29.5 Å². The van der Waals surface area contributed by atoms with Crippen LogP contribution in [0.4, 0.5) is 18.9 Å². The second-order valence-corrected chi connectivity index (χ2v) is 9.22. The summed E-state index contributed by atoms with van der Waals surface area (Å²) in [5, 5.41) is 5.89. The molecular weight excluding hydrogens is 481 g/mol. The van der Waals surface area contributed by atoms with E-state index in [0.717, 1.165) is 36.1 Å². The summed E-state index contributed by atoms with van der Waals surface area (Å²) in [5.74, 6) is 1.39. The first kappa shape index (κ1) is 24.8. The van der Waals surface area contributed by atoms with Gasteiger partial charge in [0.25, 0.3) is 0 Å². The molecule has 6 nitrogen and oxygen atoms in total. The maximum absolute atomic E-state index is 13.4. The largest absolute Gasteiger partial charge is 0.457 e. The Morgan fingerprint density at radius 1 is 1.11 bits per heavy atom. The molecule has 1 amide bonds. The van der Waals surface area contributed by atoms with Crippen molar-refractivity contribution in [2.75, 3.05) is 18.4 Å². The number of pyridine rings is 1. The number of aryl methyl sites for hydroxylation is 2. The smallest absolute Gasteiger partial charge is 0.416 e. The van der Waals surface area contributed by atoms with E-state index < -0.39 is 11.7 Å². The van der Waals surface area contributed by atoms with Crippen LogP contribution in [0.25, 0.3) is 0 Å². The molecule has 1 aliphatic heterocycles. The maximum atomic E-state index is 13.4. The van der Waals surface area contributed by atoms with Crippen LogP contribution in [0.3, 0.4) is 0 Å². The van der Waals surface area contributed by atoms with E-state index >= 15 is 0 Å². The van der Waals surface area contributed by atoms with Crippen LogP contribution in [-0.2, 0) is 30.2 Å². The van der Waals surface area contributed by atoms with Gasteiger partial charge in [-0.25, -0.2) is 0 Å². The minimum atomic E-state index is -4.47. The number of aliphatic imine (C=N–C) groups is 1. The van der Waals surface area contributed by atoms with Crippen molar-refractivity contribution in [3.8, 4) is 11.5 Å². The van der Waals surface area contributed by atoms with Crippen molar-refractivity contribution in [2.24, 2.45) is 10.9 Å². The van der Waals surface area contributed by atoms with Gasteiger partial charge >= 0.3 is 6.18 Å². The third-order valence-electron chi connectivity index (χ3n) is 6.72. The van der Waals surface area contributed by atoms with E-state index in [9.17, 15) is 18.0 Å². The number of hydrogen-bond donors (Lipinski definition) is 2. The van der Waals surface area contributed by atoms with Gasteiger partial charge in [0.15, 0.2) is 0 Å². The molecule has 5 rings (SSSR count). The topological polar surface area (TPSA) is 75.6 Å². The van der Waals surface area contributed by atoms with Crippen molar-refractivity contribution in [3.63, 3.8) is 0 Å². The number of hydrogen-bond acceptors (Lipinski definition) is 5. The number of nitrogens with zero attached hydrogens (tertiary/aromatic N) is 2. The van der Waals surface area contributed by atoms with Crippen LogP contribution < -0.4 is 15.4 Å². The van der Waals surface area contributed by atoms with Crippen molar-refractivity contribution >= 4 is 17.4 Å². The highest BCUT2D eigenvalue weighted by Crippen LogP contribution is 2.35. The van der Waals surface area contributed by atoms with Crippen molar-refractivity contribution in [3.05, 3.63) is 82.7 Å². The number of nitrogens with one attached hydrogen (secondary N) is 2. The number of carbonyl (C=O) groups is 1. The Kier molecular flexibility index (Phi) is 6.86. The normalized spacial score (nSPS) is 17.0. The zero-order valence-corrected chi connectivity index (χ0v) is 20.4. The van der Waals surface area contributed by atoms with Gasteiger partial charge in [-0.2, -0.15) is 13.2 Å². The van der Waals surface area contributed by atoms with Crippen molar-refractivity contribution in [1.82, 2.24) is 10.3 Å². The molecule has 0 unspecified atom stereocenters. The summed E-state index contributed by atoms with van der Waals surface area (Å²) in [6, 6.07) is 13.4. The fraction of sp³-hybridized carbons (Fsp3) is 0.321. The Morgan fingerprint density at radius 3 is 2.70 bits per heavy atom. The van der Waals surface area contributed by atoms with Crippen LogP contribution in [0.2, 0.25) is 0 Å². The lowest BCUT2D eigenvalue weighted by Gasteiger charge is -2.25. The molecule has 1 aliphatic carbocycles. The van der Waals surface area contributed by atoms with Gasteiger partial charge < -0.3 is 15.4 Å². The van der Waals surface area contributed by atoms with Gasteiger partial charge in [0.2, 0.25) is 5.91 Å². The fourth-order valence-corrected chi connectivity index (χ4v) is 4.80. The van der Waals surface area contributed by atoms with E-state index in [0.29, 0.717) is 36.5 Å². The SMILES string of the molecule is CCc1ccc(NC(=O)[C@H]2CCc3ccc(Oc4ccnc(C5=NCCN5)c4)cc3C2)cc1C(F)(F)F. The first-order valence-corrected chi connectivity index (χ1v) is 12.4. The Bertz CT molecular complexity index is 1350. The number of halogens is 3. The van der Waals surface area contributed by atoms with Gasteiger partial charge in [0, 0.05) is 30.4 Å². The summed E-state index contributed by atoms with van der Waals surface area (Å²) in [6.07, 6.45) is -0.715. The second kappa shape index (κ2) is 10.2. The number of rotatable bonds is 6. The number of benzene rings is 2. The zero-order valence-electron chi connectivity index (χ0n) is 20.4. The number of anilines is 1. The van der Waals surface area contributed by atoms with Crippen LogP contribution in [0, 0.1) is 5.92 Å². The first-order valence-electron chi connectivity index (χ1n) is 12.4. The van der Waals surface area contributed by atoms with Crippen LogP contribution in [0.15, 0.2) is 59.7 Å². The molecule has 37 heavy (non-hydrogen) atoms. The van der Waals surface area contributed by atoms with Crippen LogP contribution in [0.1, 0.15) is 41.3 Å². The number of fused-ring (bicyclic) bond motifs is 1. The molecule has 0 saturated heterocycles. The molecule has 1 atom stereocenters. The Balaban J connectivity index is 1.28. The monoisotopic (exact) mass is 508 g/mol. The number of alkyl halides is 3. The number of aromatic nitrogens is 1. The molecule has 2 aliphatic rings. The number of amidine groups is 1. The van der Waals surface area contributed by atoms with Crippen molar-refractivity contribution in [1.29, 1.82) is 0 Å². The Hall–Kier alpha value is -3.88. The molecule has 0 radical (unpaired) electrons. The van der Waals surface area contributed by atoms with Gasteiger partial charge in [-0.15, -0.1) is 0 Å². The van der Waals surface area contributed by atoms with E-state index in [4.69, 9.17) is 4.74 Å². The van der Waals surface area contributed by atoms with E-state index in [1.807, 2.05) is 24.3 Å². The number of ether oxygens (including phenoxy) is 1. The van der Waals surface area contributed by atoms with Crippen molar-refractivity contribution < 1.29 is 22.7 Å². The van der Waals surface area contributed by atoms with Crippen molar-refractivity contribution in [2.45, 2.75) is 38.8 Å². The van der Waals surface area contributed by atoms with Gasteiger partial charge in [-0.1, -0.05) is 19.1 Å². The molecule has 0 bridgehead atoms. The fourth-order valence-electron chi connectivity index (χ4n) is 4.80. The van der Waals surface area contributed by atoms with E-state index in [1.54, 1.807) is 19.2 Å². The van der Waals surface area contributed by atoms with Gasteiger partial charge in [0.1, 0.15) is 23.0 Å². The molecule has 0 spiro atoms. The molecular formula is C28H27F3N4O2. The minimum Gasteiger partial charge on any atom is -0.457 e. The second-order valence-electron chi connectivity index (χ2n) is 9.22. The van der Waals surface area contributed by atoms with Crippen LogP contribution in [-0.4, -0.2) is 29.8 Å². The third-order valence-corrected chi connectivity index (χ3v) is 6.72. The molecule has 9 heteroatoms. The summed E-state index contributed by atoms with van der Waals surface area (Å²) in [7, 11) is 0. The first-order chi connectivity index (χ1) is 17.8. The number of carbonyl (C=O) groups excluding carboxylic acids is 1. The molecule has 2 N–H and O–H groups in total. The Labute approximate surface area is 213 Å². The molecule has 0 saturated carbocycles. The lowest BCUT2D eigenvalue weighted by atomic mass is 9.83. The summed E-state index contributed by atoms with van der Waals surface area (Å²) in [4.78, 5) is 21.7. The summed E-state index contributed by atoms with van der Waals surface area (Å²) < 4.78 is 46.4. The predicted octanol–water partition coefficient (Wildman–Crippen LogP) is 5.55. The quantitative estimate of drug-likeness (QED) is 0.458. The van der Waals surface area contributed by atoms with E-state index in [1.165, 1.54) is 12.1 Å². The standard InChI is InChI=1S/C28H27F3N4O2/c1-2-17-5-7-21(15-24(17)28(29,30)31)35-27(36)19-4-3-18-6-8-22(14-20(18)13-19)37-23-9-10-32-25(16-23)26-33-11-12-34-26/h5-10,14-16,19H,2-4,11-13H2,1H3,(H,33,34)(H,35,36)/t19-/m0/s1. The molecule has 1 aromatic heterocycles. The molecule has 3 aromatic rings. The molecule has 2 heterocycles. The lowest BCUT2D eigenvalue weighted by molar-refractivity contribution is -0.138. The average molecular weight is 509 g/mol. The lowest BCUT2D eigenvalue weighted by Crippen LogP contribution is -2.28. The highest BCUT2D eigenvalue weighted by molar-refractivity contribution is 5.98. The van der Waals surface area contributed by atoms with Gasteiger partial charge in [-0.3, -0.25) is 14.8 Å². The maximum Gasteiger partial charge on any atom is 0.416 e. The third kappa shape index (κ3) is 5.60.